The van der Waals surface area contributed by atoms with Gasteiger partial charge in [-0.05, 0) is 11.8 Å². The Balaban J connectivity index is 0.00000113. The van der Waals surface area contributed by atoms with Gasteiger partial charge in [-0.25, -0.2) is 0 Å². The minimum Gasteiger partial charge on any atom is -0.854 e. The molecule has 0 aromatic heterocycles. The van der Waals surface area contributed by atoms with Gasteiger partial charge in [0.2, 0.25) is 0 Å². The molecule has 6 aliphatic rings. The molecule has 6 fully saturated rings. The summed E-state index contributed by atoms with van der Waals surface area (Å²) in [6, 6.07) is 0. The molecule has 4 bridgehead atoms. The Labute approximate surface area is 227 Å². The second-order valence-electron chi connectivity index (χ2n) is 9.63. The topological polar surface area (TPSA) is 41.5 Å². The SMILES string of the molecule is [Na+].[Na+].[Na+].[O-]CC(CC[B-]12CCC(CC1)CO2)CC[B-]12CCC(CC1)CO2. The maximum atomic E-state index is 11.7. The molecule has 6 heterocycles. The first-order valence-corrected chi connectivity index (χ1v) is 10.5. The summed E-state index contributed by atoms with van der Waals surface area (Å²) in [4.78, 5) is 0. The van der Waals surface area contributed by atoms with Crippen molar-refractivity contribution >= 4 is 12.7 Å². The van der Waals surface area contributed by atoms with Gasteiger partial charge in [0.05, 0.1) is 0 Å². The van der Waals surface area contributed by atoms with Crippen LogP contribution in [0.3, 0.4) is 0 Å². The molecule has 0 aromatic rings. The van der Waals surface area contributed by atoms with Crippen molar-refractivity contribution < 1.29 is 103 Å². The first kappa shape index (κ1) is 27.0. The van der Waals surface area contributed by atoms with Crippen molar-refractivity contribution in [3.05, 3.63) is 0 Å². The van der Waals surface area contributed by atoms with E-state index in [1.807, 2.05) is 0 Å². The molecule has 0 aromatic carbocycles. The van der Waals surface area contributed by atoms with E-state index < -0.39 is 12.7 Å². The summed E-state index contributed by atoms with van der Waals surface area (Å²) < 4.78 is 12.5. The average molecular weight is 388 g/mol. The third-order valence-electron chi connectivity index (χ3n) is 8.21. The van der Waals surface area contributed by atoms with Crippen LogP contribution in [-0.4, -0.2) is 32.5 Å². The quantitative estimate of drug-likeness (QED) is 0.409. The molecule has 26 heavy (non-hydrogen) atoms. The molecular weight excluding hydrogens is 355 g/mol. The van der Waals surface area contributed by atoms with Gasteiger partial charge in [-0.2, -0.15) is 37.9 Å². The van der Waals surface area contributed by atoms with E-state index in [4.69, 9.17) is 9.31 Å². The molecule has 132 valence electrons. The van der Waals surface area contributed by atoms with E-state index in [2.05, 4.69) is 0 Å². The number of fused-ring (bicyclic) bond motifs is 6. The van der Waals surface area contributed by atoms with Crippen molar-refractivity contribution in [2.45, 2.75) is 76.4 Å². The number of hydrogen-bond donors (Lipinski definition) is 0. The van der Waals surface area contributed by atoms with Gasteiger partial charge >= 0.3 is 88.7 Å². The molecule has 0 N–H and O–H groups in total. The van der Waals surface area contributed by atoms with Gasteiger partial charge in [-0.1, -0.05) is 44.4 Å². The Morgan fingerprint density at radius 1 is 0.731 bits per heavy atom. The minimum absolute atomic E-state index is 0. The van der Waals surface area contributed by atoms with E-state index in [0.29, 0.717) is 5.92 Å². The van der Waals surface area contributed by atoms with E-state index in [1.54, 1.807) is 0 Å². The van der Waals surface area contributed by atoms with Gasteiger partial charge in [0.1, 0.15) is 12.7 Å². The maximum absolute atomic E-state index is 11.7. The second kappa shape index (κ2) is 12.2. The van der Waals surface area contributed by atoms with Crippen molar-refractivity contribution in [1.82, 2.24) is 0 Å². The summed E-state index contributed by atoms with van der Waals surface area (Å²) in [6.07, 6.45) is 14.2. The van der Waals surface area contributed by atoms with Crippen LogP contribution >= 0.6 is 0 Å². The molecule has 0 unspecified atom stereocenters. The van der Waals surface area contributed by atoms with Crippen LogP contribution in [0.4, 0.5) is 0 Å². The average Bonchev–Trinajstić information content (AvgIpc) is 2.65. The fourth-order valence-corrected chi connectivity index (χ4v) is 6.22. The third kappa shape index (κ3) is 6.50. The Bertz CT molecular complexity index is 351. The van der Waals surface area contributed by atoms with Crippen LogP contribution < -0.4 is 93.8 Å². The van der Waals surface area contributed by atoms with Gasteiger partial charge in [0.15, 0.2) is 0 Å². The summed E-state index contributed by atoms with van der Waals surface area (Å²) in [7, 11) is 0. The zero-order valence-electron chi connectivity index (χ0n) is 17.7. The summed E-state index contributed by atoms with van der Waals surface area (Å²) in [6.45, 7) is 2.11. The Morgan fingerprint density at radius 3 is 1.38 bits per heavy atom. The van der Waals surface area contributed by atoms with Crippen molar-refractivity contribution in [1.29, 1.82) is 0 Å². The standard InChI is InChI=1S/C18H33B2O3.3Na/c21-13-16(1-7-19-9-3-17(4-10-19)14-22-19)2-8-20-11-5-18(6-12-20)15-23-20;;;/h16-18H,1-15H2;;;/q-3;3*+1. The molecule has 0 spiro atoms. The van der Waals surface area contributed by atoms with E-state index in [9.17, 15) is 5.11 Å². The first-order valence-electron chi connectivity index (χ1n) is 10.5. The van der Waals surface area contributed by atoms with Crippen LogP contribution in [0.25, 0.3) is 0 Å². The molecule has 3 nitrogen and oxygen atoms in total. The van der Waals surface area contributed by atoms with Crippen LogP contribution in [0.5, 0.6) is 0 Å². The van der Waals surface area contributed by atoms with Crippen LogP contribution in [0.15, 0.2) is 0 Å². The molecule has 6 saturated heterocycles. The Morgan fingerprint density at radius 2 is 1.12 bits per heavy atom. The molecule has 0 radical (unpaired) electrons. The van der Waals surface area contributed by atoms with Crippen molar-refractivity contribution in [2.24, 2.45) is 17.8 Å². The van der Waals surface area contributed by atoms with E-state index in [0.717, 1.165) is 37.9 Å². The van der Waals surface area contributed by atoms with E-state index >= 15 is 0 Å². The fraction of sp³-hybridized carbons (Fsp3) is 1.00. The monoisotopic (exact) mass is 388 g/mol. The number of hydrogen-bond acceptors (Lipinski definition) is 3. The molecule has 0 aliphatic carbocycles. The summed E-state index contributed by atoms with van der Waals surface area (Å²) in [5.74, 6) is 2.04. The van der Waals surface area contributed by atoms with Gasteiger partial charge in [0, 0.05) is 13.2 Å². The second-order valence-corrected chi connectivity index (χ2v) is 9.63. The molecular formula is C18H33B2Na3O3. The van der Waals surface area contributed by atoms with Gasteiger partial charge in [0.25, 0.3) is 0 Å². The predicted molar refractivity (Wildman–Crippen MR) is 95.3 cm³/mol. The normalized spacial score (nSPS) is 38.7. The molecule has 6 rings (SSSR count). The van der Waals surface area contributed by atoms with Crippen molar-refractivity contribution in [2.75, 3.05) is 19.8 Å². The molecule has 8 heteroatoms. The largest absolute Gasteiger partial charge is 1.00 e. The zero-order valence-corrected chi connectivity index (χ0v) is 23.7. The van der Waals surface area contributed by atoms with E-state index in [1.165, 1.54) is 63.6 Å². The van der Waals surface area contributed by atoms with Crippen LogP contribution in [-0.2, 0) is 9.31 Å². The first-order chi connectivity index (χ1) is 11.2. The van der Waals surface area contributed by atoms with E-state index in [-0.39, 0.29) is 95.3 Å². The van der Waals surface area contributed by atoms with Crippen LogP contribution in [0.2, 0.25) is 37.9 Å². The summed E-state index contributed by atoms with van der Waals surface area (Å²) >= 11 is 0. The summed E-state index contributed by atoms with van der Waals surface area (Å²) in [5.41, 5.74) is 0. The van der Waals surface area contributed by atoms with Gasteiger partial charge in [-0.15, -0.1) is 6.61 Å². The molecule has 0 saturated carbocycles. The minimum atomic E-state index is -0.561. The summed E-state index contributed by atoms with van der Waals surface area (Å²) in [5, 5.41) is 11.7. The van der Waals surface area contributed by atoms with Gasteiger partial charge < -0.3 is 14.4 Å². The van der Waals surface area contributed by atoms with Crippen molar-refractivity contribution in [3.8, 4) is 0 Å². The molecule has 0 atom stereocenters. The van der Waals surface area contributed by atoms with Crippen LogP contribution in [0, 0.1) is 17.8 Å². The molecule has 0 amide bonds. The smallest absolute Gasteiger partial charge is 0.854 e. The van der Waals surface area contributed by atoms with Crippen molar-refractivity contribution in [3.63, 3.8) is 0 Å². The maximum Gasteiger partial charge on any atom is 1.00 e. The fourth-order valence-electron chi connectivity index (χ4n) is 6.22. The van der Waals surface area contributed by atoms with Crippen LogP contribution in [0.1, 0.15) is 38.5 Å². The third-order valence-corrected chi connectivity index (χ3v) is 8.21. The Hall–Kier alpha value is 3.01. The predicted octanol–water partition coefficient (Wildman–Crippen LogP) is -5.47. The van der Waals surface area contributed by atoms with Gasteiger partial charge in [-0.3, -0.25) is 0 Å². The molecule has 6 aliphatic heterocycles. The Kier molecular flexibility index (Phi) is 12.6. The number of rotatable bonds is 7. The zero-order chi connectivity index (χ0) is 15.8.